The van der Waals surface area contributed by atoms with Crippen LogP contribution in [0.25, 0.3) is 0 Å². The number of ketones is 1. The van der Waals surface area contributed by atoms with E-state index in [-0.39, 0.29) is 28.7 Å². The number of carbonyl (C=O) groups is 1. The lowest BCUT2D eigenvalue weighted by Gasteiger charge is -2.22. The van der Waals surface area contributed by atoms with E-state index < -0.39 is 29.4 Å². The van der Waals surface area contributed by atoms with Crippen LogP contribution in [-0.2, 0) is 17.9 Å². The Kier molecular flexibility index (Phi) is 8.23. The Morgan fingerprint density at radius 1 is 1.23 bits per heavy atom. The molecule has 2 aromatic heterocycles. The largest absolute Gasteiger partial charge is 0.496 e. The number of halogens is 1. The van der Waals surface area contributed by atoms with Gasteiger partial charge in [-0.15, -0.1) is 11.3 Å². The lowest BCUT2D eigenvalue weighted by Crippen LogP contribution is -2.52. The molecular weight excluding hydrogens is 475 g/mol. The monoisotopic (exact) mass is 502 g/mol. The summed E-state index contributed by atoms with van der Waals surface area (Å²) in [6.45, 7) is 5.00. The first-order valence-electron chi connectivity index (χ1n) is 10.8. The summed E-state index contributed by atoms with van der Waals surface area (Å²) in [5, 5.41) is 7.36. The van der Waals surface area contributed by atoms with Crippen LogP contribution in [0.5, 0.6) is 5.75 Å². The van der Waals surface area contributed by atoms with Crippen molar-refractivity contribution >= 4 is 22.8 Å². The predicted molar refractivity (Wildman–Crippen MR) is 133 cm³/mol. The van der Waals surface area contributed by atoms with Crippen molar-refractivity contribution in [2.75, 3.05) is 19.2 Å². The topological polar surface area (TPSA) is 95.1 Å². The summed E-state index contributed by atoms with van der Waals surface area (Å²) in [4.78, 5) is 45.9. The molecule has 0 radical (unpaired) electrons. The van der Waals surface area contributed by atoms with Gasteiger partial charge in [0.05, 0.1) is 37.0 Å². The fourth-order valence-corrected chi connectivity index (χ4v) is 4.07. The van der Waals surface area contributed by atoms with Gasteiger partial charge in [0.2, 0.25) is 0 Å². The minimum Gasteiger partial charge on any atom is -0.496 e. The third kappa shape index (κ3) is 6.04. The SMILES string of the molecule is COc1ccc(F)cc1C(=O)Cn1cc(/C(C)=N/OC(C)C)c(=O)n(N(C)Cc2cccs2)c1=O. The van der Waals surface area contributed by atoms with Crippen molar-refractivity contribution in [3.05, 3.63) is 84.6 Å². The first-order valence-corrected chi connectivity index (χ1v) is 11.7. The molecule has 0 saturated heterocycles. The highest BCUT2D eigenvalue weighted by Crippen LogP contribution is 2.20. The number of thiophene rings is 1. The molecule has 0 aliphatic rings. The van der Waals surface area contributed by atoms with Crippen LogP contribution < -0.4 is 21.0 Å². The molecule has 0 amide bonds. The molecule has 0 aliphatic carbocycles. The van der Waals surface area contributed by atoms with Gasteiger partial charge in [0.25, 0.3) is 5.56 Å². The van der Waals surface area contributed by atoms with Crippen molar-refractivity contribution in [3.8, 4) is 5.75 Å². The summed E-state index contributed by atoms with van der Waals surface area (Å²) in [7, 11) is 2.97. The summed E-state index contributed by atoms with van der Waals surface area (Å²) in [6.07, 6.45) is 1.05. The average Bonchev–Trinajstić information content (AvgIpc) is 3.32. The van der Waals surface area contributed by atoms with Crippen LogP contribution in [0, 0.1) is 5.82 Å². The highest BCUT2D eigenvalue weighted by atomic mass is 32.1. The second-order valence-electron chi connectivity index (χ2n) is 8.06. The van der Waals surface area contributed by atoms with Crippen LogP contribution >= 0.6 is 11.3 Å². The van der Waals surface area contributed by atoms with Crippen molar-refractivity contribution in [1.29, 1.82) is 0 Å². The second-order valence-corrected chi connectivity index (χ2v) is 9.10. The van der Waals surface area contributed by atoms with Crippen LogP contribution in [0.4, 0.5) is 4.39 Å². The molecule has 0 N–H and O–H groups in total. The van der Waals surface area contributed by atoms with Gasteiger partial charge in [-0.1, -0.05) is 11.2 Å². The van der Waals surface area contributed by atoms with E-state index in [0.29, 0.717) is 6.54 Å². The Bertz CT molecular complexity index is 1340. The molecule has 9 nitrogen and oxygen atoms in total. The van der Waals surface area contributed by atoms with Crippen molar-refractivity contribution in [3.63, 3.8) is 0 Å². The lowest BCUT2D eigenvalue weighted by molar-refractivity contribution is 0.0859. The van der Waals surface area contributed by atoms with E-state index in [1.54, 1.807) is 27.8 Å². The fourth-order valence-electron chi connectivity index (χ4n) is 3.32. The number of Topliss-reactive ketones (excluding diaryl/α,β-unsaturated/α-hetero) is 1. The molecule has 0 saturated carbocycles. The molecule has 0 bridgehead atoms. The maximum Gasteiger partial charge on any atom is 0.350 e. The van der Waals surface area contributed by atoms with Crippen LogP contribution in [0.1, 0.15) is 41.6 Å². The number of methoxy groups -OCH3 is 1. The Morgan fingerprint density at radius 2 is 1.97 bits per heavy atom. The summed E-state index contributed by atoms with van der Waals surface area (Å²) < 4.78 is 21.1. The number of hydrogen-bond acceptors (Lipinski definition) is 8. The molecule has 0 aliphatic heterocycles. The van der Waals surface area contributed by atoms with Crippen molar-refractivity contribution in [2.24, 2.45) is 5.16 Å². The molecule has 186 valence electrons. The number of hydrogen-bond donors (Lipinski definition) is 0. The molecule has 0 spiro atoms. The smallest absolute Gasteiger partial charge is 0.350 e. The van der Waals surface area contributed by atoms with Crippen LogP contribution in [0.15, 0.2) is 56.7 Å². The molecule has 2 heterocycles. The van der Waals surface area contributed by atoms with Gasteiger partial charge in [0.15, 0.2) is 5.78 Å². The minimum atomic E-state index is -0.723. The first-order chi connectivity index (χ1) is 16.6. The van der Waals surface area contributed by atoms with Gasteiger partial charge in [0, 0.05) is 18.1 Å². The highest BCUT2D eigenvalue weighted by Gasteiger charge is 2.21. The molecule has 3 aromatic rings. The number of oxime groups is 1. The molecule has 0 fully saturated rings. The zero-order valence-corrected chi connectivity index (χ0v) is 21.0. The molecule has 1 aromatic carbocycles. The lowest BCUT2D eigenvalue weighted by atomic mass is 10.1. The zero-order chi connectivity index (χ0) is 25.7. The third-order valence-electron chi connectivity index (χ3n) is 5.01. The van der Waals surface area contributed by atoms with E-state index in [2.05, 4.69) is 5.16 Å². The number of rotatable bonds is 10. The van der Waals surface area contributed by atoms with Crippen LogP contribution in [0.2, 0.25) is 0 Å². The summed E-state index contributed by atoms with van der Waals surface area (Å²) in [5.74, 6) is -0.999. The summed E-state index contributed by atoms with van der Waals surface area (Å²) in [5.41, 5.74) is -1.01. The van der Waals surface area contributed by atoms with Crippen molar-refractivity contribution in [2.45, 2.75) is 40.0 Å². The Morgan fingerprint density at radius 3 is 2.60 bits per heavy atom. The molecule has 0 atom stereocenters. The first kappa shape index (κ1) is 25.9. The van der Waals surface area contributed by atoms with Crippen LogP contribution in [0.3, 0.4) is 0 Å². The summed E-state index contributed by atoms with van der Waals surface area (Å²) >= 11 is 1.48. The Labute approximate surface area is 205 Å². The maximum absolute atomic E-state index is 13.8. The highest BCUT2D eigenvalue weighted by molar-refractivity contribution is 7.09. The normalized spacial score (nSPS) is 11.6. The van der Waals surface area contributed by atoms with Gasteiger partial charge in [-0.2, -0.15) is 4.68 Å². The van der Waals surface area contributed by atoms with E-state index in [1.807, 2.05) is 17.5 Å². The molecule has 11 heteroatoms. The van der Waals surface area contributed by atoms with Gasteiger partial charge in [-0.3, -0.25) is 14.2 Å². The summed E-state index contributed by atoms with van der Waals surface area (Å²) in [6, 6.07) is 7.32. The second kappa shape index (κ2) is 11.1. The molecular formula is C24H27FN4O5S. The van der Waals surface area contributed by atoms with E-state index >= 15 is 0 Å². The van der Waals surface area contributed by atoms with Gasteiger partial charge < -0.3 is 14.6 Å². The minimum absolute atomic E-state index is 0.0147. The third-order valence-corrected chi connectivity index (χ3v) is 5.87. The molecule has 0 unspecified atom stereocenters. The van der Waals surface area contributed by atoms with Gasteiger partial charge in [0.1, 0.15) is 17.7 Å². The van der Waals surface area contributed by atoms with E-state index in [9.17, 15) is 18.8 Å². The molecule has 35 heavy (non-hydrogen) atoms. The van der Waals surface area contributed by atoms with Gasteiger partial charge in [-0.25, -0.2) is 9.18 Å². The van der Waals surface area contributed by atoms with E-state index in [0.717, 1.165) is 20.2 Å². The standard InChI is InChI=1S/C24H27FN4O5S/c1-15(2)34-26-16(3)20-13-28(14-21(30)19-11-17(25)8-9-22(19)33-5)24(32)29(23(20)31)27(4)12-18-7-6-10-35-18/h6-11,13,15H,12,14H2,1-5H3/b26-16+. The number of nitrogens with zero attached hydrogens (tertiary/aromatic N) is 4. The number of benzene rings is 1. The Hall–Kier alpha value is -3.73. The van der Waals surface area contributed by atoms with Crippen molar-refractivity contribution in [1.82, 2.24) is 9.24 Å². The van der Waals surface area contributed by atoms with Crippen molar-refractivity contribution < 1.29 is 18.8 Å². The molecule has 3 rings (SSSR count). The number of aromatic nitrogens is 2. The van der Waals surface area contributed by atoms with E-state index in [4.69, 9.17) is 9.57 Å². The maximum atomic E-state index is 13.8. The fraction of sp³-hybridized carbons (Fsp3) is 0.333. The average molecular weight is 503 g/mol. The zero-order valence-electron chi connectivity index (χ0n) is 20.1. The van der Waals surface area contributed by atoms with E-state index in [1.165, 1.54) is 41.8 Å². The predicted octanol–water partition coefficient (Wildman–Crippen LogP) is 3.02. The number of ether oxygens (including phenoxy) is 1. The van der Waals surface area contributed by atoms with Gasteiger partial charge in [-0.05, 0) is 50.4 Å². The van der Waals surface area contributed by atoms with Gasteiger partial charge >= 0.3 is 5.69 Å². The number of carbonyl (C=O) groups excluding carboxylic acids is 1. The van der Waals surface area contributed by atoms with Crippen LogP contribution in [-0.4, -0.2) is 41.0 Å². The Balaban J connectivity index is 2.11. The quantitative estimate of drug-likeness (QED) is 0.240.